The molecule has 0 saturated carbocycles. The molecule has 164 valence electrons. The van der Waals surface area contributed by atoms with Crippen LogP contribution in [0.5, 0.6) is 5.75 Å². The second-order valence-electron chi connectivity index (χ2n) is 7.38. The van der Waals surface area contributed by atoms with Gasteiger partial charge in [-0.05, 0) is 31.5 Å². The summed E-state index contributed by atoms with van der Waals surface area (Å²) in [4.78, 5) is 12.6. The molecule has 1 amide bonds. The van der Waals surface area contributed by atoms with Crippen LogP contribution in [0.3, 0.4) is 0 Å². The minimum absolute atomic E-state index is 0.0905. The number of aromatic nitrogens is 1. The van der Waals surface area contributed by atoms with E-state index in [1.165, 1.54) is 36.9 Å². The minimum Gasteiger partial charge on any atom is -0.488 e. The Labute approximate surface area is 178 Å². The number of hydrogen-bond acceptors (Lipinski definition) is 6. The summed E-state index contributed by atoms with van der Waals surface area (Å²) in [5.74, 6) is -1.62. The molecule has 9 nitrogen and oxygen atoms in total. The number of nitriles is 1. The molecule has 0 radical (unpaired) electrons. The maximum Gasteiger partial charge on any atom is 0.276 e. The van der Waals surface area contributed by atoms with Crippen molar-refractivity contribution in [2.24, 2.45) is 7.05 Å². The van der Waals surface area contributed by atoms with Crippen molar-refractivity contribution in [3.8, 4) is 11.8 Å². The molecule has 31 heavy (non-hydrogen) atoms. The van der Waals surface area contributed by atoms with Gasteiger partial charge in [0.15, 0.2) is 11.4 Å². The highest BCUT2D eigenvalue weighted by Gasteiger charge is 2.41. The number of halogens is 1. The van der Waals surface area contributed by atoms with Crippen LogP contribution in [0, 0.1) is 17.1 Å². The van der Waals surface area contributed by atoms with Crippen molar-refractivity contribution in [3.63, 3.8) is 0 Å². The van der Waals surface area contributed by atoms with E-state index in [9.17, 15) is 22.7 Å². The molecular formula is C20H21FN4O5S. The van der Waals surface area contributed by atoms with Crippen LogP contribution in [0.1, 0.15) is 29.4 Å². The normalized spacial score (nSPS) is 19.1. The quantitative estimate of drug-likeness (QED) is 0.596. The Bertz CT molecular complexity index is 1200. The molecule has 1 aromatic heterocycles. The smallest absolute Gasteiger partial charge is 0.276 e. The number of sulfonamides is 1. The fraction of sp³-hybridized carbons (Fsp3) is 0.300. The summed E-state index contributed by atoms with van der Waals surface area (Å²) in [6, 6.07) is 4.17. The van der Waals surface area contributed by atoms with Gasteiger partial charge in [0.05, 0.1) is 17.2 Å². The van der Waals surface area contributed by atoms with Crippen LogP contribution in [0.15, 0.2) is 41.9 Å². The van der Waals surface area contributed by atoms with Crippen molar-refractivity contribution in [2.75, 3.05) is 11.9 Å². The SMILES string of the molecule is C=CCC(C)(O)[C@@H]1COc2c(cn(C)c2C(=O)Nc2ccc(F)c(C#N)c2)S(=O)(=O)N1. The van der Waals surface area contributed by atoms with Gasteiger partial charge < -0.3 is 19.7 Å². The molecule has 1 aromatic carbocycles. The van der Waals surface area contributed by atoms with Gasteiger partial charge in [-0.25, -0.2) is 17.5 Å². The number of anilines is 1. The maximum atomic E-state index is 13.5. The van der Waals surface area contributed by atoms with E-state index >= 15 is 0 Å². The summed E-state index contributed by atoms with van der Waals surface area (Å²) >= 11 is 0. The lowest BCUT2D eigenvalue weighted by molar-refractivity contribution is 0.0143. The van der Waals surface area contributed by atoms with E-state index in [2.05, 4.69) is 16.6 Å². The fourth-order valence-electron chi connectivity index (χ4n) is 3.24. The van der Waals surface area contributed by atoms with Gasteiger partial charge in [-0.2, -0.15) is 5.26 Å². The zero-order valence-electron chi connectivity index (χ0n) is 16.8. The summed E-state index contributed by atoms with van der Waals surface area (Å²) in [5, 5.41) is 22.1. The van der Waals surface area contributed by atoms with Gasteiger partial charge in [-0.15, -0.1) is 6.58 Å². The van der Waals surface area contributed by atoms with Crippen LogP contribution >= 0.6 is 0 Å². The van der Waals surface area contributed by atoms with E-state index in [0.29, 0.717) is 0 Å². The first-order valence-corrected chi connectivity index (χ1v) is 10.7. The van der Waals surface area contributed by atoms with Crippen molar-refractivity contribution < 1.29 is 27.4 Å². The highest BCUT2D eigenvalue weighted by Crippen LogP contribution is 2.34. The first-order valence-electron chi connectivity index (χ1n) is 9.19. The third kappa shape index (κ3) is 4.32. The van der Waals surface area contributed by atoms with E-state index in [0.717, 1.165) is 12.1 Å². The summed E-state index contributed by atoms with van der Waals surface area (Å²) in [7, 11) is -2.64. The van der Waals surface area contributed by atoms with Gasteiger partial charge in [0.2, 0.25) is 10.0 Å². The lowest BCUT2D eigenvalue weighted by Gasteiger charge is -2.30. The van der Waals surface area contributed by atoms with Crippen molar-refractivity contribution >= 4 is 21.6 Å². The number of benzene rings is 1. The Balaban J connectivity index is 1.97. The predicted octanol–water partition coefficient (Wildman–Crippen LogP) is 1.65. The van der Waals surface area contributed by atoms with Crippen molar-refractivity contribution in [2.45, 2.75) is 29.9 Å². The van der Waals surface area contributed by atoms with Crippen LogP contribution in [-0.2, 0) is 17.1 Å². The number of nitrogens with one attached hydrogen (secondary N) is 2. The number of ether oxygens (including phenoxy) is 1. The minimum atomic E-state index is -4.12. The van der Waals surface area contributed by atoms with E-state index in [1.54, 1.807) is 6.07 Å². The Morgan fingerprint density at radius 1 is 1.58 bits per heavy atom. The van der Waals surface area contributed by atoms with Gasteiger partial charge >= 0.3 is 0 Å². The molecule has 0 bridgehead atoms. The average Bonchev–Trinajstić information content (AvgIpc) is 2.97. The molecule has 0 saturated heterocycles. The number of aryl methyl sites for hydroxylation is 1. The predicted molar refractivity (Wildman–Crippen MR) is 110 cm³/mol. The number of carbonyl (C=O) groups is 1. The first-order chi connectivity index (χ1) is 14.5. The molecule has 3 rings (SSSR count). The van der Waals surface area contributed by atoms with Gasteiger partial charge in [0.1, 0.15) is 23.4 Å². The Kier molecular flexibility index (Phi) is 5.91. The number of nitrogens with zero attached hydrogens (tertiary/aromatic N) is 2. The van der Waals surface area contributed by atoms with Gasteiger partial charge in [0, 0.05) is 18.9 Å². The third-order valence-corrected chi connectivity index (χ3v) is 6.42. The Hall–Kier alpha value is -3.20. The summed E-state index contributed by atoms with van der Waals surface area (Å²) in [6.45, 7) is 4.78. The van der Waals surface area contributed by atoms with Crippen molar-refractivity contribution in [1.82, 2.24) is 9.29 Å². The zero-order chi connectivity index (χ0) is 23.0. The number of aliphatic hydroxyl groups is 1. The van der Waals surface area contributed by atoms with E-state index in [4.69, 9.17) is 10.00 Å². The van der Waals surface area contributed by atoms with Crippen LogP contribution in [0.25, 0.3) is 0 Å². The second kappa shape index (κ2) is 8.14. The first kappa shape index (κ1) is 22.5. The second-order valence-corrected chi connectivity index (χ2v) is 9.06. The van der Waals surface area contributed by atoms with Crippen LogP contribution in [0.2, 0.25) is 0 Å². The standard InChI is InChI=1S/C20H21FN4O5S/c1-4-7-20(2,27)16-11-30-18-15(31(28,29)24-16)10-25(3)17(18)19(26)23-13-5-6-14(21)12(8-13)9-22/h4-6,8,10,16,24,27H,1,7,11H2,2-3H3,(H,23,26)/t16-,20?/m0/s1. The zero-order valence-corrected chi connectivity index (χ0v) is 17.7. The number of amides is 1. The highest BCUT2D eigenvalue weighted by molar-refractivity contribution is 7.89. The molecule has 1 unspecified atom stereocenters. The molecule has 3 N–H and O–H groups in total. The molecule has 2 atom stereocenters. The van der Waals surface area contributed by atoms with Gasteiger partial charge in [0.25, 0.3) is 5.91 Å². The van der Waals surface area contributed by atoms with Crippen LogP contribution in [-0.4, -0.2) is 42.2 Å². The van der Waals surface area contributed by atoms with E-state index < -0.39 is 33.4 Å². The highest BCUT2D eigenvalue weighted by atomic mass is 32.2. The monoisotopic (exact) mass is 448 g/mol. The number of rotatable bonds is 5. The lowest BCUT2D eigenvalue weighted by atomic mass is 9.94. The molecule has 2 heterocycles. The largest absolute Gasteiger partial charge is 0.488 e. The fourth-order valence-corrected chi connectivity index (χ4v) is 4.76. The topological polar surface area (TPSA) is 133 Å². The molecule has 0 fully saturated rings. The molecule has 1 aliphatic heterocycles. The molecule has 1 aliphatic rings. The number of fused-ring (bicyclic) bond motifs is 1. The number of hydrogen-bond donors (Lipinski definition) is 3. The molecule has 0 spiro atoms. The van der Waals surface area contributed by atoms with Gasteiger partial charge in [-0.1, -0.05) is 6.08 Å². The average molecular weight is 448 g/mol. The van der Waals surface area contributed by atoms with Crippen molar-refractivity contribution in [3.05, 3.63) is 54.1 Å². The van der Waals surface area contributed by atoms with Gasteiger partial charge in [-0.3, -0.25) is 4.79 Å². The summed E-state index contributed by atoms with van der Waals surface area (Å²) in [5.41, 5.74) is -1.66. The molecular weight excluding hydrogens is 427 g/mol. The lowest BCUT2D eigenvalue weighted by Crippen LogP contribution is -2.52. The summed E-state index contributed by atoms with van der Waals surface area (Å²) in [6.07, 6.45) is 2.80. The van der Waals surface area contributed by atoms with Crippen molar-refractivity contribution in [1.29, 1.82) is 5.26 Å². The molecule has 0 aliphatic carbocycles. The Morgan fingerprint density at radius 2 is 2.29 bits per heavy atom. The third-order valence-electron chi connectivity index (χ3n) is 4.95. The number of carbonyl (C=O) groups excluding carboxylic acids is 1. The summed E-state index contributed by atoms with van der Waals surface area (Å²) < 4.78 is 48.6. The molecule has 11 heteroatoms. The Morgan fingerprint density at radius 3 is 2.94 bits per heavy atom. The van der Waals surface area contributed by atoms with E-state index in [1.807, 2.05) is 0 Å². The van der Waals surface area contributed by atoms with Crippen LogP contribution < -0.4 is 14.8 Å². The maximum absolute atomic E-state index is 13.5. The van der Waals surface area contributed by atoms with Crippen LogP contribution in [0.4, 0.5) is 10.1 Å². The molecule has 2 aromatic rings. The van der Waals surface area contributed by atoms with E-state index in [-0.39, 0.29) is 40.6 Å².